The van der Waals surface area contributed by atoms with Crippen molar-refractivity contribution in [3.63, 3.8) is 0 Å². The first-order chi connectivity index (χ1) is 6.75. The molecule has 2 rings (SSSR count). The van der Waals surface area contributed by atoms with Crippen LogP contribution in [0.1, 0.15) is 5.69 Å². The molecule has 74 valence electrons. The van der Waals surface area contributed by atoms with Gasteiger partial charge in [0.25, 0.3) is 0 Å². The first-order valence-electron chi connectivity index (χ1n) is 4.48. The van der Waals surface area contributed by atoms with E-state index in [0.717, 1.165) is 12.1 Å². The van der Waals surface area contributed by atoms with Crippen LogP contribution in [0, 0.1) is 0 Å². The summed E-state index contributed by atoms with van der Waals surface area (Å²) >= 11 is 0. The van der Waals surface area contributed by atoms with Gasteiger partial charge >= 0.3 is 5.69 Å². The number of imidazole rings is 1. The van der Waals surface area contributed by atoms with Gasteiger partial charge in [0.15, 0.2) is 0 Å². The third kappa shape index (κ3) is 1.76. The maximum atomic E-state index is 11.1. The number of aromatic amines is 1. The van der Waals surface area contributed by atoms with Crippen LogP contribution in [0.4, 0.5) is 0 Å². The van der Waals surface area contributed by atoms with Crippen molar-refractivity contribution in [2.45, 2.75) is 13.0 Å². The summed E-state index contributed by atoms with van der Waals surface area (Å²) in [5.74, 6) is 0. The normalized spacial score (nSPS) is 10.6. The summed E-state index contributed by atoms with van der Waals surface area (Å²) < 4.78 is 3.39. The Bertz CT molecular complexity index is 465. The van der Waals surface area contributed by atoms with Gasteiger partial charge in [-0.1, -0.05) is 0 Å². The molecule has 0 amide bonds. The van der Waals surface area contributed by atoms with Gasteiger partial charge in [0.05, 0.1) is 5.69 Å². The fourth-order valence-corrected chi connectivity index (χ4v) is 1.36. The van der Waals surface area contributed by atoms with Crippen molar-refractivity contribution in [1.82, 2.24) is 19.3 Å². The fraction of sp³-hybridized carbons (Fsp3) is 0.333. The van der Waals surface area contributed by atoms with Gasteiger partial charge < -0.3 is 4.98 Å². The number of hydrogen-bond acceptors (Lipinski definition) is 2. The number of nitrogens with one attached hydrogen (secondary N) is 1. The van der Waals surface area contributed by atoms with Gasteiger partial charge in [-0.05, 0) is 6.07 Å². The Morgan fingerprint density at radius 2 is 2.36 bits per heavy atom. The van der Waals surface area contributed by atoms with Gasteiger partial charge in [-0.3, -0.25) is 9.25 Å². The second-order valence-electron chi connectivity index (χ2n) is 3.19. The van der Waals surface area contributed by atoms with Crippen LogP contribution in [0.25, 0.3) is 0 Å². The summed E-state index contributed by atoms with van der Waals surface area (Å²) in [5, 5.41) is 4.23. The van der Waals surface area contributed by atoms with E-state index in [1.807, 2.05) is 19.3 Å². The van der Waals surface area contributed by atoms with Crippen LogP contribution in [0.2, 0.25) is 0 Å². The Balaban J connectivity index is 2.01. The van der Waals surface area contributed by atoms with Crippen molar-refractivity contribution in [1.29, 1.82) is 0 Å². The van der Waals surface area contributed by atoms with Gasteiger partial charge in [0, 0.05) is 38.6 Å². The largest absolute Gasteiger partial charge is 0.325 e. The molecule has 0 atom stereocenters. The summed E-state index contributed by atoms with van der Waals surface area (Å²) in [4.78, 5) is 13.7. The highest BCUT2D eigenvalue weighted by atomic mass is 16.1. The second-order valence-corrected chi connectivity index (χ2v) is 3.19. The molecule has 2 heterocycles. The second kappa shape index (κ2) is 3.53. The van der Waals surface area contributed by atoms with Crippen LogP contribution in [-0.4, -0.2) is 19.3 Å². The topological polar surface area (TPSA) is 55.6 Å². The third-order valence-corrected chi connectivity index (χ3v) is 2.10. The molecule has 0 fully saturated rings. The first kappa shape index (κ1) is 8.80. The number of rotatable bonds is 3. The lowest BCUT2D eigenvalue weighted by Crippen LogP contribution is -2.17. The van der Waals surface area contributed by atoms with Crippen LogP contribution in [0.5, 0.6) is 0 Å². The van der Waals surface area contributed by atoms with E-state index in [4.69, 9.17) is 0 Å². The number of aromatic nitrogens is 4. The molecular weight excluding hydrogens is 180 g/mol. The van der Waals surface area contributed by atoms with Crippen molar-refractivity contribution in [2.24, 2.45) is 7.05 Å². The SMILES string of the molecule is Cn1ccc(CCn2cc[nH]c2=O)n1. The Labute approximate surface area is 81.0 Å². The number of aryl methyl sites for hydroxylation is 3. The van der Waals surface area contributed by atoms with Crippen molar-refractivity contribution in [3.05, 3.63) is 40.8 Å². The van der Waals surface area contributed by atoms with E-state index < -0.39 is 0 Å². The molecule has 0 unspecified atom stereocenters. The van der Waals surface area contributed by atoms with Crippen LogP contribution < -0.4 is 5.69 Å². The van der Waals surface area contributed by atoms with E-state index in [-0.39, 0.29) is 5.69 Å². The van der Waals surface area contributed by atoms with E-state index >= 15 is 0 Å². The minimum absolute atomic E-state index is 0.0686. The molecule has 14 heavy (non-hydrogen) atoms. The molecule has 1 N–H and O–H groups in total. The number of hydrogen-bond donors (Lipinski definition) is 1. The minimum atomic E-state index is -0.0686. The molecule has 0 aromatic carbocycles. The highest BCUT2D eigenvalue weighted by Crippen LogP contribution is 1.96. The zero-order chi connectivity index (χ0) is 9.97. The van der Waals surface area contributed by atoms with Gasteiger partial charge in [0.2, 0.25) is 0 Å². The molecule has 5 nitrogen and oxygen atoms in total. The van der Waals surface area contributed by atoms with Crippen molar-refractivity contribution >= 4 is 0 Å². The predicted molar refractivity (Wildman–Crippen MR) is 52.0 cm³/mol. The van der Waals surface area contributed by atoms with Crippen LogP contribution in [-0.2, 0) is 20.0 Å². The number of H-pyrrole nitrogens is 1. The third-order valence-electron chi connectivity index (χ3n) is 2.10. The summed E-state index contributed by atoms with van der Waals surface area (Å²) in [6.07, 6.45) is 6.06. The Morgan fingerprint density at radius 3 is 2.93 bits per heavy atom. The van der Waals surface area contributed by atoms with E-state index in [0.29, 0.717) is 6.54 Å². The summed E-state index contributed by atoms with van der Waals surface area (Å²) in [6, 6.07) is 1.96. The quantitative estimate of drug-likeness (QED) is 0.752. The highest BCUT2D eigenvalue weighted by Gasteiger charge is 1.99. The van der Waals surface area contributed by atoms with Crippen LogP contribution >= 0.6 is 0 Å². The maximum absolute atomic E-state index is 11.1. The van der Waals surface area contributed by atoms with E-state index in [1.165, 1.54) is 0 Å². The molecule has 0 bridgehead atoms. The average Bonchev–Trinajstić information content (AvgIpc) is 2.72. The van der Waals surface area contributed by atoms with Crippen LogP contribution in [0.3, 0.4) is 0 Å². The van der Waals surface area contributed by atoms with E-state index in [9.17, 15) is 4.79 Å². The molecule has 5 heteroatoms. The molecule has 2 aromatic rings. The average molecular weight is 192 g/mol. The summed E-state index contributed by atoms with van der Waals surface area (Å²) in [7, 11) is 1.88. The summed E-state index contributed by atoms with van der Waals surface area (Å²) in [5.41, 5.74) is 0.932. The molecule has 0 radical (unpaired) electrons. The Morgan fingerprint density at radius 1 is 1.50 bits per heavy atom. The fourth-order valence-electron chi connectivity index (χ4n) is 1.36. The molecule has 0 aliphatic heterocycles. The lowest BCUT2D eigenvalue weighted by Gasteiger charge is -1.97. The lowest BCUT2D eigenvalue weighted by atomic mass is 10.3. The highest BCUT2D eigenvalue weighted by molar-refractivity contribution is 4.98. The van der Waals surface area contributed by atoms with Gasteiger partial charge in [-0.2, -0.15) is 5.10 Å². The van der Waals surface area contributed by atoms with Crippen molar-refractivity contribution < 1.29 is 0 Å². The van der Waals surface area contributed by atoms with Gasteiger partial charge in [0.1, 0.15) is 0 Å². The maximum Gasteiger partial charge on any atom is 0.325 e. The molecule has 0 aliphatic carbocycles. The zero-order valence-electron chi connectivity index (χ0n) is 7.97. The monoisotopic (exact) mass is 192 g/mol. The van der Waals surface area contributed by atoms with E-state index in [1.54, 1.807) is 21.6 Å². The molecular formula is C9H12N4O. The van der Waals surface area contributed by atoms with Crippen molar-refractivity contribution in [2.75, 3.05) is 0 Å². The van der Waals surface area contributed by atoms with Gasteiger partial charge in [-0.15, -0.1) is 0 Å². The predicted octanol–water partition coefficient (Wildman–Crippen LogP) is 0.153. The molecule has 0 aliphatic rings. The van der Waals surface area contributed by atoms with E-state index in [2.05, 4.69) is 10.1 Å². The minimum Gasteiger partial charge on any atom is -0.313 e. The zero-order valence-corrected chi connectivity index (χ0v) is 7.97. The van der Waals surface area contributed by atoms with Crippen molar-refractivity contribution in [3.8, 4) is 0 Å². The first-order valence-corrected chi connectivity index (χ1v) is 4.48. The molecule has 0 saturated carbocycles. The number of nitrogens with zero attached hydrogens (tertiary/aromatic N) is 3. The van der Waals surface area contributed by atoms with Gasteiger partial charge in [-0.25, -0.2) is 4.79 Å². The smallest absolute Gasteiger partial charge is 0.313 e. The summed E-state index contributed by atoms with van der Waals surface area (Å²) in [6.45, 7) is 0.666. The molecule has 0 spiro atoms. The standard InChI is InChI=1S/C9H12N4O/c1-12-5-2-8(11-12)3-6-13-7-4-10-9(13)14/h2,4-5,7H,3,6H2,1H3,(H,10,14). The Kier molecular flexibility index (Phi) is 2.22. The van der Waals surface area contributed by atoms with Crippen LogP contribution in [0.15, 0.2) is 29.5 Å². The Hall–Kier alpha value is -1.78. The lowest BCUT2D eigenvalue weighted by molar-refractivity contribution is 0.647. The molecule has 0 saturated heterocycles. The molecule has 2 aromatic heterocycles.